The summed E-state index contributed by atoms with van der Waals surface area (Å²) < 4.78 is 0. The number of carbonyl (C=O) groups is 1. The summed E-state index contributed by atoms with van der Waals surface area (Å²) >= 11 is 0. The van der Waals surface area contributed by atoms with E-state index in [2.05, 4.69) is 10.6 Å². The van der Waals surface area contributed by atoms with Crippen molar-refractivity contribution in [3.63, 3.8) is 0 Å². The van der Waals surface area contributed by atoms with Gasteiger partial charge in [0, 0.05) is 26.6 Å². The van der Waals surface area contributed by atoms with Crippen LogP contribution in [0.2, 0.25) is 0 Å². The second-order valence-electron chi connectivity index (χ2n) is 2.69. The molecule has 0 aromatic heterocycles. The summed E-state index contributed by atoms with van der Waals surface area (Å²) in [5, 5.41) is 14.6. The van der Waals surface area contributed by atoms with Crippen molar-refractivity contribution in [2.24, 2.45) is 0 Å². The average Bonchev–Trinajstić information content (AvgIpc) is 2.11. The molecule has 0 aliphatic rings. The Hall–Kier alpha value is -0.610. The first kappa shape index (κ1) is 11.4. The molecule has 0 aliphatic carbocycles. The van der Waals surface area contributed by atoms with Crippen LogP contribution >= 0.6 is 0 Å². The topological polar surface area (TPSA) is 61.4 Å². The maximum Gasteiger partial charge on any atom is 0.221 e. The molecule has 1 amide bonds. The van der Waals surface area contributed by atoms with Crippen LogP contribution in [0.4, 0.5) is 0 Å². The van der Waals surface area contributed by atoms with Gasteiger partial charge in [0.05, 0.1) is 6.10 Å². The molecule has 3 N–H and O–H groups in total. The smallest absolute Gasteiger partial charge is 0.221 e. The summed E-state index contributed by atoms with van der Waals surface area (Å²) in [5.41, 5.74) is 0. The summed E-state index contributed by atoms with van der Waals surface area (Å²) in [6, 6.07) is 0. The van der Waals surface area contributed by atoms with Gasteiger partial charge in [-0.05, 0) is 6.42 Å². The normalized spacial score (nSPS) is 12.6. The van der Waals surface area contributed by atoms with Crippen molar-refractivity contribution >= 4 is 5.91 Å². The van der Waals surface area contributed by atoms with E-state index >= 15 is 0 Å². The zero-order valence-corrected chi connectivity index (χ0v) is 7.76. The predicted molar refractivity (Wildman–Crippen MR) is 47.9 cm³/mol. The Bertz CT molecular complexity index is 128. The van der Waals surface area contributed by atoms with Gasteiger partial charge >= 0.3 is 0 Å². The Morgan fingerprint density at radius 1 is 1.58 bits per heavy atom. The minimum Gasteiger partial charge on any atom is -0.392 e. The molecule has 4 nitrogen and oxygen atoms in total. The Labute approximate surface area is 73.3 Å². The Balaban J connectivity index is 3.15. The molecule has 0 bridgehead atoms. The Morgan fingerprint density at radius 2 is 2.25 bits per heavy atom. The van der Waals surface area contributed by atoms with Crippen molar-refractivity contribution in [2.45, 2.75) is 25.9 Å². The van der Waals surface area contributed by atoms with E-state index in [0.717, 1.165) is 6.42 Å². The zero-order valence-electron chi connectivity index (χ0n) is 7.76. The monoisotopic (exact) mass is 174 g/mol. The second-order valence-corrected chi connectivity index (χ2v) is 2.69. The third-order valence-corrected chi connectivity index (χ3v) is 1.66. The molecule has 0 saturated heterocycles. The van der Waals surface area contributed by atoms with Gasteiger partial charge in [0.25, 0.3) is 0 Å². The molecule has 0 heterocycles. The van der Waals surface area contributed by atoms with E-state index in [9.17, 15) is 4.79 Å². The number of hydrogen-bond acceptors (Lipinski definition) is 3. The van der Waals surface area contributed by atoms with E-state index in [1.807, 2.05) is 6.92 Å². The van der Waals surface area contributed by atoms with Gasteiger partial charge in [0.15, 0.2) is 0 Å². The van der Waals surface area contributed by atoms with Crippen molar-refractivity contribution in [2.75, 3.05) is 20.1 Å². The lowest BCUT2D eigenvalue weighted by Crippen LogP contribution is -2.30. The SMILES string of the molecule is CCC(O)CNCCC(=O)NC. The molecule has 72 valence electrons. The molecule has 0 aromatic carbocycles. The standard InChI is InChI=1S/C8H18N2O2/c1-3-7(11)6-10-5-4-8(12)9-2/h7,10-11H,3-6H2,1-2H3,(H,9,12). The molecule has 1 unspecified atom stereocenters. The summed E-state index contributed by atoms with van der Waals surface area (Å²) in [5.74, 6) is 0.0217. The first-order valence-corrected chi connectivity index (χ1v) is 4.30. The molecule has 4 heteroatoms. The molecule has 0 rings (SSSR count). The number of carbonyl (C=O) groups excluding carboxylic acids is 1. The molecular weight excluding hydrogens is 156 g/mol. The molecule has 12 heavy (non-hydrogen) atoms. The molecule has 1 atom stereocenters. The zero-order chi connectivity index (χ0) is 9.40. The van der Waals surface area contributed by atoms with Gasteiger partial charge in [-0.3, -0.25) is 4.79 Å². The lowest BCUT2D eigenvalue weighted by atomic mass is 10.3. The van der Waals surface area contributed by atoms with Gasteiger partial charge in [-0.15, -0.1) is 0 Å². The van der Waals surface area contributed by atoms with Gasteiger partial charge in [-0.25, -0.2) is 0 Å². The van der Waals surface area contributed by atoms with Crippen LogP contribution in [0.15, 0.2) is 0 Å². The summed E-state index contributed by atoms with van der Waals surface area (Å²) in [4.78, 5) is 10.7. The Morgan fingerprint density at radius 3 is 2.75 bits per heavy atom. The fourth-order valence-corrected chi connectivity index (χ4v) is 0.740. The summed E-state index contributed by atoms with van der Waals surface area (Å²) in [6.45, 7) is 3.11. The number of hydrogen-bond donors (Lipinski definition) is 3. The first-order valence-electron chi connectivity index (χ1n) is 4.30. The fourth-order valence-electron chi connectivity index (χ4n) is 0.740. The van der Waals surface area contributed by atoms with Gasteiger partial charge in [0.1, 0.15) is 0 Å². The van der Waals surface area contributed by atoms with Gasteiger partial charge in [-0.2, -0.15) is 0 Å². The van der Waals surface area contributed by atoms with Crippen LogP contribution < -0.4 is 10.6 Å². The highest BCUT2D eigenvalue weighted by atomic mass is 16.3. The minimum atomic E-state index is -0.297. The van der Waals surface area contributed by atoms with Crippen LogP contribution in [0.5, 0.6) is 0 Å². The number of amides is 1. The van der Waals surface area contributed by atoms with E-state index < -0.39 is 0 Å². The van der Waals surface area contributed by atoms with Crippen molar-refractivity contribution in [3.05, 3.63) is 0 Å². The van der Waals surface area contributed by atoms with Crippen molar-refractivity contribution in [3.8, 4) is 0 Å². The van der Waals surface area contributed by atoms with E-state index in [-0.39, 0.29) is 12.0 Å². The average molecular weight is 174 g/mol. The Kier molecular flexibility index (Phi) is 6.70. The summed E-state index contributed by atoms with van der Waals surface area (Å²) in [7, 11) is 1.61. The number of nitrogens with one attached hydrogen (secondary N) is 2. The third kappa shape index (κ3) is 6.12. The first-order chi connectivity index (χ1) is 5.70. The van der Waals surface area contributed by atoms with Crippen LogP contribution in [-0.4, -0.2) is 37.3 Å². The highest BCUT2D eigenvalue weighted by Gasteiger charge is 2.00. The third-order valence-electron chi connectivity index (χ3n) is 1.66. The lowest BCUT2D eigenvalue weighted by molar-refractivity contribution is -0.120. The fraction of sp³-hybridized carbons (Fsp3) is 0.875. The molecule has 0 radical (unpaired) electrons. The van der Waals surface area contributed by atoms with Gasteiger partial charge in [-0.1, -0.05) is 6.92 Å². The van der Waals surface area contributed by atoms with Crippen LogP contribution in [0.25, 0.3) is 0 Å². The van der Waals surface area contributed by atoms with Crippen LogP contribution in [0.1, 0.15) is 19.8 Å². The van der Waals surface area contributed by atoms with E-state index in [0.29, 0.717) is 19.5 Å². The lowest BCUT2D eigenvalue weighted by Gasteiger charge is -2.08. The van der Waals surface area contributed by atoms with Crippen molar-refractivity contribution in [1.82, 2.24) is 10.6 Å². The maximum absolute atomic E-state index is 10.7. The molecule has 0 saturated carbocycles. The van der Waals surface area contributed by atoms with Crippen LogP contribution in [0.3, 0.4) is 0 Å². The van der Waals surface area contributed by atoms with E-state index in [4.69, 9.17) is 5.11 Å². The largest absolute Gasteiger partial charge is 0.392 e. The van der Waals surface area contributed by atoms with Crippen molar-refractivity contribution < 1.29 is 9.90 Å². The molecule has 0 aliphatic heterocycles. The number of aliphatic hydroxyl groups excluding tert-OH is 1. The highest BCUT2D eigenvalue weighted by molar-refractivity contribution is 5.75. The summed E-state index contributed by atoms with van der Waals surface area (Å²) in [6.07, 6.45) is 0.912. The number of rotatable bonds is 6. The number of aliphatic hydroxyl groups is 1. The highest BCUT2D eigenvalue weighted by Crippen LogP contribution is 1.86. The molecule has 0 spiro atoms. The quantitative estimate of drug-likeness (QED) is 0.475. The predicted octanol–water partition coefficient (Wildman–Crippen LogP) is -0.517. The van der Waals surface area contributed by atoms with Gasteiger partial charge in [0.2, 0.25) is 5.91 Å². The van der Waals surface area contributed by atoms with Crippen LogP contribution in [-0.2, 0) is 4.79 Å². The van der Waals surface area contributed by atoms with E-state index in [1.54, 1.807) is 7.05 Å². The second kappa shape index (κ2) is 7.06. The van der Waals surface area contributed by atoms with E-state index in [1.165, 1.54) is 0 Å². The van der Waals surface area contributed by atoms with Crippen molar-refractivity contribution in [1.29, 1.82) is 0 Å². The molecule has 0 aromatic rings. The maximum atomic E-state index is 10.7. The molecule has 0 fully saturated rings. The minimum absolute atomic E-state index is 0.0217. The van der Waals surface area contributed by atoms with Crippen LogP contribution in [0, 0.1) is 0 Å². The molecular formula is C8H18N2O2. The van der Waals surface area contributed by atoms with Gasteiger partial charge < -0.3 is 15.7 Å².